The van der Waals surface area contributed by atoms with Gasteiger partial charge in [0.25, 0.3) is 11.5 Å². The monoisotopic (exact) mass is 571 g/mol. The van der Waals surface area contributed by atoms with Gasteiger partial charge in [-0.1, -0.05) is 18.5 Å². The maximum absolute atomic E-state index is 14.2. The number of amides is 1. The highest BCUT2D eigenvalue weighted by molar-refractivity contribution is 7.13. The smallest absolute Gasteiger partial charge is 0.271 e. The van der Waals surface area contributed by atoms with Gasteiger partial charge in [0, 0.05) is 48.0 Å². The molecule has 3 aromatic heterocycles. The van der Waals surface area contributed by atoms with Gasteiger partial charge in [-0.05, 0) is 49.6 Å². The summed E-state index contributed by atoms with van der Waals surface area (Å²) in [5.41, 5.74) is 0.293. The lowest BCUT2D eigenvalue weighted by molar-refractivity contribution is 0.0784. The summed E-state index contributed by atoms with van der Waals surface area (Å²) in [5.74, 6) is -3.07. The lowest BCUT2D eigenvalue weighted by atomic mass is 10.0. The summed E-state index contributed by atoms with van der Waals surface area (Å²) in [6, 6.07) is 5.65. The number of aryl methyl sites for hydroxylation is 1. The van der Waals surface area contributed by atoms with Crippen LogP contribution in [0.2, 0.25) is 5.02 Å². The first kappa shape index (κ1) is 26.9. The summed E-state index contributed by atoms with van der Waals surface area (Å²) >= 11 is 7.14. The largest absolute Gasteiger partial charge is 0.493 e. The molecule has 4 heterocycles. The Hall–Kier alpha value is -3.70. The van der Waals surface area contributed by atoms with Gasteiger partial charge in [-0.2, -0.15) is 4.98 Å². The molecule has 0 saturated carbocycles. The van der Waals surface area contributed by atoms with Gasteiger partial charge in [0.15, 0.2) is 16.4 Å². The molecule has 0 bridgehead atoms. The minimum Gasteiger partial charge on any atom is -0.493 e. The quantitative estimate of drug-likeness (QED) is 0.335. The summed E-state index contributed by atoms with van der Waals surface area (Å²) in [5, 5.41) is 13.5. The van der Waals surface area contributed by atoms with Crippen molar-refractivity contribution in [1.29, 1.82) is 0 Å². The minimum absolute atomic E-state index is 0.00771. The molecule has 0 radical (unpaired) electrons. The fraction of sp³-hybridized carbons (Fsp3) is 0.296. The van der Waals surface area contributed by atoms with E-state index < -0.39 is 40.6 Å². The average molecular weight is 572 g/mol. The lowest BCUT2D eigenvalue weighted by Gasteiger charge is -2.24. The van der Waals surface area contributed by atoms with Crippen LogP contribution in [0.25, 0.3) is 10.8 Å². The van der Waals surface area contributed by atoms with Gasteiger partial charge in [-0.25, -0.2) is 13.8 Å². The van der Waals surface area contributed by atoms with E-state index in [4.69, 9.17) is 11.6 Å². The molecular formula is C27H24ClF2N5O3S. The molecule has 1 fully saturated rings. The zero-order valence-electron chi connectivity index (χ0n) is 21.1. The molecule has 8 nitrogen and oxygen atoms in total. The molecule has 0 aliphatic carbocycles. The Morgan fingerprint density at radius 2 is 1.97 bits per heavy atom. The lowest BCUT2D eigenvalue weighted by Crippen LogP contribution is -2.38. The summed E-state index contributed by atoms with van der Waals surface area (Å²) in [4.78, 5) is 42.1. The average Bonchev–Trinajstić information content (AvgIpc) is 3.55. The molecule has 5 rings (SSSR count). The van der Waals surface area contributed by atoms with Crippen molar-refractivity contribution >= 4 is 28.8 Å². The number of hydrogen-bond donors (Lipinski definition) is 1. The van der Waals surface area contributed by atoms with E-state index in [-0.39, 0.29) is 30.3 Å². The van der Waals surface area contributed by atoms with Crippen LogP contribution < -0.4 is 5.56 Å². The van der Waals surface area contributed by atoms with Crippen molar-refractivity contribution in [3.8, 4) is 16.7 Å². The van der Waals surface area contributed by atoms with Crippen LogP contribution >= 0.6 is 22.9 Å². The van der Waals surface area contributed by atoms with E-state index in [0.717, 1.165) is 23.9 Å². The Labute approximate surface area is 231 Å². The number of hydrogen-bond acceptors (Lipinski definition) is 7. The number of pyridine rings is 1. The number of aromatic hydroxyl groups is 1. The maximum atomic E-state index is 14.2. The Morgan fingerprint density at radius 1 is 1.23 bits per heavy atom. The van der Waals surface area contributed by atoms with E-state index in [0.29, 0.717) is 28.7 Å². The van der Waals surface area contributed by atoms with Crippen molar-refractivity contribution in [3.05, 3.63) is 91.4 Å². The molecule has 12 heteroatoms. The SMILES string of the molecule is CC[C@@H](c1cc(F)cc(F)c1)n1c(-c2nc(C)cs2)nc(O)c(C(=O)N2CCC(c3ccc(Cl)cn3)C2)c1=O. The van der Waals surface area contributed by atoms with Crippen molar-refractivity contribution in [2.75, 3.05) is 13.1 Å². The summed E-state index contributed by atoms with van der Waals surface area (Å²) in [6.45, 7) is 4.13. The Kier molecular flexibility index (Phi) is 7.46. The number of benzene rings is 1. The number of carbonyl (C=O) groups excluding carboxylic acids is 1. The van der Waals surface area contributed by atoms with E-state index in [2.05, 4.69) is 15.0 Å². The minimum atomic E-state index is -0.883. The van der Waals surface area contributed by atoms with Crippen molar-refractivity contribution < 1.29 is 18.7 Å². The van der Waals surface area contributed by atoms with E-state index >= 15 is 0 Å². The van der Waals surface area contributed by atoms with Crippen LogP contribution in [-0.2, 0) is 0 Å². The van der Waals surface area contributed by atoms with Crippen LogP contribution in [0.15, 0.2) is 46.7 Å². The third-order valence-electron chi connectivity index (χ3n) is 6.73. The number of likely N-dealkylation sites (tertiary alicyclic amines) is 1. The zero-order valence-corrected chi connectivity index (χ0v) is 22.6. The Balaban J connectivity index is 1.60. The number of halogens is 3. The summed E-state index contributed by atoms with van der Waals surface area (Å²) in [7, 11) is 0. The Morgan fingerprint density at radius 3 is 2.59 bits per heavy atom. The molecule has 1 saturated heterocycles. The molecular weight excluding hydrogens is 548 g/mol. The van der Waals surface area contributed by atoms with Gasteiger partial charge in [0.1, 0.15) is 11.6 Å². The van der Waals surface area contributed by atoms with Crippen LogP contribution in [-0.4, -0.2) is 48.5 Å². The zero-order chi connectivity index (χ0) is 27.8. The number of carbonyl (C=O) groups is 1. The molecule has 2 atom stereocenters. The molecule has 1 unspecified atom stereocenters. The highest BCUT2D eigenvalue weighted by Gasteiger charge is 2.34. The molecule has 1 N–H and O–H groups in total. The molecule has 1 aromatic carbocycles. The summed E-state index contributed by atoms with van der Waals surface area (Å²) < 4.78 is 29.6. The van der Waals surface area contributed by atoms with E-state index in [1.807, 2.05) is 0 Å². The van der Waals surface area contributed by atoms with Gasteiger partial charge >= 0.3 is 0 Å². The van der Waals surface area contributed by atoms with Gasteiger partial charge in [0.05, 0.1) is 11.1 Å². The van der Waals surface area contributed by atoms with Gasteiger partial charge < -0.3 is 10.0 Å². The highest BCUT2D eigenvalue weighted by atomic mass is 35.5. The normalized spacial score (nSPS) is 16.0. The van der Waals surface area contributed by atoms with Crippen LogP contribution in [0.1, 0.15) is 59.0 Å². The number of nitrogens with zero attached hydrogens (tertiary/aromatic N) is 5. The maximum Gasteiger partial charge on any atom is 0.271 e. The number of thiazole rings is 1. The van der Waals surface area contributed by atoms with Crippen LogP contribution in [0.5, 0.6) is 5.88 Å². The fourth-order valence-electron chi connectivity index (χ4n) is 4.91. The van der Waals surface area contributed by atoms with E-state index in [1.54, 1.807) is 31.4 Å². The van der Waals surface area contributed by atoms with Crippen LogP contribution in [0.4, 0.5) is 8.78 Å². The highest BCUT2D eigenvalue weighted by Crippen LogP contribution is 2.32. The van der Waals surface area contributed by atoms with Crippen molar-refractivity contribution in [2.24, 2.45) is 0 Å². The van der Waals surface area contributed by atoms with E-state index in [9.17, 15) is 23.5 Å². The molecule has 39 heavy (non-hydrogen) atoms. The van der Waals surface area contributed by atoms with Gasteiger partial charge in [0.2, 0.25) is 5.88 Å². The number of rotatable bonds is 6. The summed E-state index contributed by atoms with van der Waals surface area (Å²) in [6.07, 6.45) is 2.39. The second-order valence-electron chi connectivity index (χ2n) is 9.37. The standard InChI is InChI=1S/C27H24ClF2N5O3S/c1-3-21(16-8-18(29)10-19(30)9-16)35-23(25-32-14(2)13-39-25)33-24(36)22(27(35)38)26(37)34-7-6-15(12-34)20-5-4-17(28)11-31-20/h4-5,8-11,13,15,21,36H,3,6-7,12H2,1-2H3/t15?,21-/m0/s1. The molecule has 1 aliphatic rings. The second kappa shape index (κ2) is 10.8. The Bertz CT molecular complexity index is 1590. The third-order valence-corrected chi connectivity index (χ3v) is 7.91. The van der Waals surface area contributed by atoms with Crippen LogP contribution in [0, 0.1) is 18.6 Å². The third kappa shape index (κ3) is 5.28. The van der Waals surface area contributed by atoms with Crippen molar-refractivity contribution in [3.63, 3.8) is 0 Å². The fourth-order valence-corrected chi connectivity index (χ4v) is 5.81. The topological polar surface area (TPSA) is 101 Å². The van der Waals surface area contributed by atoms with Gasteiger partial charge in [-0.15, -0.1) is 11.3 Å². The number of aromatic nitrogens is 4. The first-order chi connectivity index (χ1) is 18.7. The molecule has 0 spiro atoms. The predicted octanol–water partition coefficient (Wildman–Crippen LogP) is 5.34. The second-order valence-corrected chi connectivity index (χ2v) is 10.7. The molecule has 202 valence electrons. The molecule has 1 aliphatic heterocycles. The first-order valence-corrected chi connectivity index (χ1v) is 13.6. The van der Waals surface area contributed by atoms with Crippen LogP contribution in [0.3, 0.4) is 0 Å². The van der Waals surface area contributed by atoms with Crippen molar-refractivity contribution in [2.45, 2.75) is 38.6 Å². The van der Waals surface area contributed by atoms with E-state index in [1.165, 1.54) is 27.0 Å². The predicted molar refractivity (Wildman–Crippen MR) is 143 cm³/mol. The molecule has 4 aromatic rings. The van der Waals surface area contributed by atoms with Crippen molar-refractivity contribution in [1.82, 2.24) is 24.4 Å². The van der Waals surface area contributed by atoms with Gasteiger partial charge in [-0.3, -0.25) is 19.1 Å². The molecule has 1 amide bonds. The first-order valence-electron chi connectivity index (χ1n) is 12.3.